The molecule has 0 spiro atoms. The second-order valence-corrected chi connectivity index (χ2v) is 2.77. The average molecular weight is 151 g/mol. The Bertz CT molecular complexity index is 312. The first-order chi connectivity index (χ1) is 5.15. The highest BCUT2D eigenvalue weighted by Gasteiger charge is 1.99. The fourth-order valence-corrected chi connectivity index (χ4v) is 1.18. The van der Waals surface area contributed by atoms with Crippen LogP contribution in [0.25, 0.3) is 0 Å². The van der Waals surface area contributed by atoms with Gasteiger partial charge in [-0.05, 0) is 31.4 Å². The molecular formula is C9H13NO. The van der Waals surface area contributed by atoms with E-state index in [2.05, 4.69) is 4.98 Å². The fraction of sp³-hybridized carbons (Fsp3) is 0.444. The molecule has 1 aromatic heterocycles. The average Bonchev–Trinajstić information content (AvgIpc) is 1.96. The molecule has 2 heteroatoms. The number of nitrogens with one attached hydrogen (secondary N) is 1. The van der Waals surface area contributed by atoms with Crippen LogP contribution < -0.4 is 5.56 Å². The van der Waals surface area contributed by atoms with Crippen LogP contribution in [-0.4, -0.2) is 4.98 Å². The SMILES string of the molecule is CCc1[nH]c(=O)cc(C)c1C. The first-order valence-corrected chi connectivity index (χ1v) is 3.84. The lowest BCUT2D eigenvalue weighted by Gasteiger charge is -2.04. The van der Waals surface area contributed by atoms with E-state index >= 15 is 0 Å². The second kappa shape index (κ2) is 2.91. The topological polar surface area (TPSA) is 32.9 Å². The van der Waals surface area contributed by atoms with E-state index in [1.807, 2.05) is 20.8 Å². The van der Waals surface area contributed by atoms with E-state index in [-0.39, 0.29) is 5.56 Å². The quantitative estimate of drug-likeness (QED) is 0.649. The fourth-order valence-electron chi connectivity index (χ4n) is 1.18. The molecule has 0 aliphatic rings. The van der Waals surface area contributed by atoms with Gasteiger partial charge in [0.15, 0.2) is 0 Å². The largest absolute Gasteiger partial charge is 0.326 e. The summed E-state index contributed by atoms with van der Waals surface area (Å²) in [5.41, 5.74) is 3.33. The Labute approximate surface area is 66.3 Å². The van der Waals surface area contributed by atoms with E-state index in [0.29, 0.717) is 0 Å². The van der Waals surface area contributed by atoms with Gasteiger partial charge in [-0.1, -0.05) is 6.92 Å². The van der Waals surface area contributed by atoms with E-state index in [1.54, 1.807) is 6.07 Å². The first-order valence-electron chi connectivity index (χ1n) is 3.84. The van der Waals surface area contributed by atoms with E-state index in [0.717, 1.165) is 17.7 Å². The molecule has 0 radical (unpaired) electrons. The Morgan fingerprint density at radius 2 is 2.09 bits per heavy atom. The van der Waals surface area contributed by atoms with Crippen molar-refractivity contribution in [2.75, 3.05) is 0 Å². The molecule has 0 unspecified atom stereocenters. The molecular weight excluding hydrogens is 138 g/mol. The minimum Gasteiger partial charge on any atom is -0.326 e. The van der Waals surface area contributed by atoms with Crippen LogP contribution in [0.5, 0.6) is 0 Å². The normalized spacial score (nSPS) is 10.1. The molecule has 0 saturated heterocycles. The lowest BCUT2D eigenvalue weighted by molar-refractivity contribution is 0.974. The molecule has 0 fully saturated rings. The molecule has 0 amide bonds. The predicted molar refractivity (Wildman–Crippen MR) is 45.9 cm³/mol. The summed E-state index contributed by atoms with van der Waals surface area (Å²) in [4.78, 5) is 13.8. The van der Waals surface area contributed by atoms with Crippen molar-refractivity contribution in [1.29, 1.82) is 0 Å². The third kappa shape index (κ3) is 1.50. The molecule has 1 N–H and O–H groups in total. The van der Waals surface area contributed by atoms with Crippen LogP contribution in [0.4, 0.5) is 0 Å². The van der Waals surface area contributed by atoms with Crippen LogP contribution >= 0.6 is 0 Å². The van der Waals surface area contributed by atoms with Crippen molar-refractivity contribution in [2.24, 2.45) is 0 Å². The molecule has 0 bridgehead atoms. The lowest BCUT2D eigenvalue weighted by Crippen LogP contribution is -2.10. The van der Waals surface area contributed by atoms with Crippen molar-refractivity contribution < 1.29 is 0 Å². The lowest BCUT2D eigenvalue weighted by atomic mass is 10.1. The second-order valence-electron chi connectivity index (χ2n) is 2.77. The van der Waals surface area contributed by atoms with Gasteiger partial charge >= 0.3 is 0 Å². The maximum Gasteiger partial charge on any atom is 0.248 e. The Hall–Kier alpha value is -1.05. The molecule has 11 heavy (non-hydrogen) atoms. The van der Waals surface area contributed by atoms with Crippen molar-refractivity contribution in [3.05, 3.63) is 33.2 Å². The van der Waals surface area contributed by atoms with Crippen LogP contribution in [0, 0.1) is 13.8 Å². The van der Waals surface area contributed by atoms with Gasteiger partial charge in [0.05, 0.1) is 0 Å². The molecule has 1 aromatic rings. The molecule has 60 valence electrons. The van der Waals surface area contributed by atoms with E-state index in [4.69, 9.17) is 0 Å². The van der Waals surface area contributed by atoms with Crippen molar-refractivity contribution in [1.82, 2.24) is 4.98 Å². The number of aromatic nitrogens is 1. The zero-order chi connectivity index (χ0) is 8.43. The number of aryl methyl sites for hydroxylation is 2. The third-order valence-corrected chi connectivity index (χ3v) is 2.02. The summed E-state index contributed by atoms with van der Waals surface area (Å²) in [5, 5.41) is 0. The molecule has 1 heterocycles. The summed E-state index contributed by atoms with van der Waals surface area (Å²) in [6.07, 6.45) is 0.892. The van der Waals surface area contributed by atoms with Crippen LogP contribution in [0.2, 0.25) is 0 Å². The van der Waals surface area contributed by atoms with Gasteiger partial charge < -0.3 is 4.98 Å². The Balaban J connectivity index is 3.36. The maximum absolute atomic E-state index is 11.0. The summed E-state index contributed by atoms with van der Waals surface area (Å²) in [6, 6.07) is 1.63. The van der Waals surface area contributed by atoms with Crippen LogP contribution in [0.1, 0.15) is 23.7 Å². The highest BCUT2D eigenvalue weighted by atomic mass is 16.1. The Kier molecular flexibility index (Phi) is 2.13. The number of aromatic amines is 1. The Morgan fingerprint density at radius 3 is 2.64 bits per heavy atom. The standard InChI is InChI=1S/C9H13NO/c1-4-8-7(3)6(2)5-9(11)10-8/h5H,4H2,1-3H3,(H,10,11). The molecule has 0 aliphatic carbocycles. The summed E-state index contributed by atoms with van der Waals surface area (Å²) in [6.45, 7) is 6.03. The molecule has 0 atom stereocenters. The van der Waals surface area contributed by atoms with Gasteiger partial charge in [-0.25, -0.2) is 0 Å². The summed E-state index contributed by atoms with van der Waals surface area (Å²) < 4.78 is 0. The van der Waals surface area contributed by atoms with Crippen LogP contribution in [-0.2, 0) is 6.42 Å². The van der Waals surface area contributed by atoms with Gasteiger partial charge in [0.25, 0.3) is 0 Å². The third-order valence-electron chi connectivity index (χ3n) is 2.02. The molecule has 0 aliphatic heterocycles. The van der Waals surface area contributed by atoms with E-state index < -0.39 is 0 Å². The number of hydrogen-bond acceptors (Lipinski definition) is 1. The molecule has 1 rings (SSSR count). The summed E-state index contributed by atoms with van der Waals surface area (Å²) in [7, 11) is 0. The Morgan fingerprint density at radius 1 is 1.45 bits per heavy atom. The number of rotatable bonds is 1. The molecule has 0 saturated carbocycles. The summed E-state index contributed by atoms with van der Waals surface area (Å²) >= 11 is 0. The first kappa shape index (κ1) is 8.05. The van der Waals surface area contributed by atoms with E-state index in [1.165, 1.54) is 5.56 Å². The van der Waals surface area contributed by atoms with Crippen molar-refractivity contribution in [3.8, 4) is 0 Å². The highest BCUT2D eigenvalue weighted by molar-refractivity contribution is 5.27. The monoisotopic (exact) mass is 151 g/mol. The molecule has 0 aromatic carbocycles. The molecule has 2 nitrogen and oxygen atoms in total. The van der Waals surface area contributed by atoms with Gasteiger partial charge in [-0.3, -0.25) is 4.79 Å². The highest BCUT2D eigenvalue weighted by Crippen LogP contribution is 2.07. The van der Waals surface area contributed by atoms with Gasteiger partial charge in [-0.2, -0.15) is 0 Å². The van der Waals surface area contributed by atoms with Crippen molar-refractivity contribution in [3.63, 3.8) is 0 Å². The van der Waals surface area contributed by atoms with Gasteiger partial charge in [-0.15, -0.1) is 0 Å². The predicted octanol–water partition coefficient (Wildman–Crippen LogP) is 1.55. The van der Waals surface area contributed by atoms with Gasteiger partial charge in [0.2, 0.25) is 5.56 Å². The number of hydrogen-bond donors (Lipinski definition) is 1. The van der Waals surface area contributed by atoms with Gasteiger partial charge in [0.1, 0.15) is 0 Å². The van der Waals surface area contributed by atoms with Crippen LogP contribution in [0.3, 0.4) is 0 Å². The number of H-pyrrole nitrogens is 1. The zero-order valence-corrected chi connectivity index (χ0v) is 7.19. The van der Waals surface area contributed by atoms with Crippen LogP contribution in [0.15, 0.2) is 10.9 Å². The van der Waals surface area contributed by atoms with E-state index in [9.17, 15) is 4.79 Å². The van der Waals surface area contributed by atoms with Crippen molar-refractivity contribution >= 4 is 0 Å². The minimum absolute atomic E-state index is 0.00458. The number of pyridine rings is 1. The van der Waals surface area contributed by atoms with Gasteiger partial charge in [0, 0.05) is 11.8 Å². The smallest absolute Gasteiger partial charge is 0.248 e. The minimum atomic E-state index is 0.00458. The van der Waals surface area contributed by atoms with Crippen molar-refractivity contribution in [2.45, 2.75) is 27.2 Å². The summed E-state index contributed by atoms with van der Waals surface area (Å²) in [5.74, 6) is 0. The zero-order valence-electron chi connectivity index (χ0n) is 7.19. The maximum atomic E-state index is 11.0.